The molecule has 0 N–H and O–H groups in total. The smallest absolute Gasteiger partial charge is 0.310 e. The van der Waals surface area contributed by atoms with Crippen molar-refractivity contribution in [3.63, 3.8) is 0 Å². The Bertz CT molecular complexity index is 1000. The van der Waals surface area contributed by atoms with Crippen LogP contribution in [0, 0.1) is 0 Å². The lowest BCUT2D eigenvalue weighted by atomic mass is 10.3. The lowest BCUT2D eigenvalue weighted by Crippen LogP contribution is -2.15. The van der Waals surface area contributed by atoms with Crippen LogP contribution in [-0.4, -0.2) is 34.7 Å². The molecule has 0 atom stereocenters. The Morgan fingerprint density at radius 1 is 1.00 bits per heavy atom. The topological polar surface area (TPSA) is 74.1 Å². The SMILES string of the molecule is O=S(=O)(CCSc1nnc(C2CC2)n1-c1ccccc1)Oc1ccccc1. The highest BCUT2D eigenvalue weighted by molar-refractivity contribution is 8.00. The Hall–Kier alpha value is -2.32. The molecule has 6 nitrogen and oxygen atoms in total. The predicted octanol–water partition coefficient (Wildman–Crippen LogP) is 3.65. The summed E-state index contributed by atoms with van der Waals surface area (Å²) >= 11 is 1.38. The molecule has 1 heterocycles. The Morgan fingerprint density at radius 2 is 1.67 bits per heavy atom. The van der Waals surface area contributed by atoms with Crippen LogP contribution in [0.25, 0.3) is 5.69 Å². The standard InChI is InChI=1S/C19H19N3O3S2/c23-27(24,25-17-9-5-2-6-10-17)14-13-26-19-21-20-18(15-11-12-15)22(19)16-7-3-1-4-8-16/h1-10,15H,11-14H2. The molecule has 8 heteroatoms. The van der Waals surface area contributed by atoms with Gasteiger partial charge in [0.25, 0.3) is 0 Å². The molecule has 1 fully saturated rings. The van der Waals surface area contributed by atoms with Gasteiger partial charge in [0.05, 0.1) is 5.75 Å². The molecule has 1 aliphatic rings. The van der Waals surface area contributed by atoms with Crippen molar-refractivity contribution in [3.8, 4) is 11.4 Å². The first-order valence-corrected chi connectivity index (χ1v) is 11.3. The van der Waals surface area contributed by atoms with E-state index in [-0.39, 0.29) is 5.75 Å². The molecule has 1 saturated carbocycles. The summed E-state index contributed by atoms with van der Waals surface area (Å²) in [5.74, 6) is 1.95. The van der Waals surface area contributed by atoms with Gasteiger partial charge in [0.2, 0.25) is 0 Å². The maximum atomic E-state index is 12.2. The second kappa shape index (κ2) is 7.74. The van der Waals surface area contributed by atoms with Gasteiger partial charge in [-0.2, -0.15) is 8.42 Å². The zero-order valence-corrected chi connectivity index (χ0v) is 16.2. The molecule has 0 radical (unpaired) electrons. The first-order valence-electron chi connectivity index (χ1n) is 8.73. The second-order valence-electron chi connectivity index (χ2n) is 6.29. The molecule has 0 unspecified atom stereocenters. The number of benzene rings is 2. The predicted molar refractivity (Wildman–Crippen MR) is 105 cm³/mol. The van der Waals surface area contributed by atoms with Gasteiger partial charge in [-0.1, -0.05) is 48.2 Å². The van der Waals surface area contributed by atoms with Gasteiger partial charge in [-0.05, 0) is 37.1 Å². The Kier molecular flexibility index (Phi) is 5.18. The van der Waals surface area contributed by atoms with E-state index >= 15 is 0 Å². The maximum Gasteiger partial charge on any atom is 0.310 e. The van der Waals surface area contributed by atoms with Crippen molar-refractivity contribution in [2.24, 2.45) is 0 Å². The molecule has 140 valence electrons. The number of hydrogen-bond acceptors (Lipinski definition) is 6. The van der Waals surface area contributed by atoms with Gasteiger partial charge >= 0.3 is 10.1 Å². The zero-order chi connectivity index (χ0) is 18.7. The van der Waals surface area contributed by atoms with Gasteiger partial charge in [-0.15, -0.1) is 10.2 Å². The molecule has 4 rings (SSSR count). The lowest BCUT2D eigenvalue weighted by molar-refractivity contribution is 0.488. The van der Waals surface area contributed by atoms with Gasteiger partial charge < -0.3 is 4.18 Å². The molecule has 3 aromatic rings. The summed E-state index contributed by atoms with van der Waals surface area (Å²) in [5.41, 5.74) is 0.996. The van der Waals surface area contributed by atoms with Gasteiger partial charge in [-0.25, -0.2) is 0 Å². The minimum Gasteiger partial charge on any atom is -0.382 e. The van der Waals surface area contributed by atoms with E-state index in [9.17, 15) is 8.42 Å². The van der Waals surface area contributed by atoms with Crippen molar-refractivity contribution < 1.29 is 12.6 Å². The van der Waals surface area contributed by atoms with E-state index in [1.165, 1.54) is 11.8 Å². The maximum absolute atomic E-state index is 12.2. The minimum atomic E-state index is -3.66. The molecule has 27 heavy (non-hydrogen) atoms. The van der Waals surface area contributed by atoms with E-state index in [0.29, 0.717) is 22.6 Å². The van der Waals surface area contributed by atoms with Crippen LogP contribution in [0.3, 0.4) is 0 Å². The van der Waals surface area contributed by atoms with E-state index in [4.69, 9.17) is 4.18 Å². The number of thioether (sulfide) groups is 1. The molecule has 0 aliphatic heterocycles. The summed E-state index contributed by atoms with van der Waals surface area (Å²) in [4.78, 5) is 0. The Morgan fingerprint density at radius 3 is 2.33 bits per heavy atom. The highest BCUT2D eigenvalue weighted by Gasteiger charge is 2.31. The zero-order valence-electron chi connectivity index (χ0n) is 14.6. The number of aromatic nitrogens is 3. The van der Waals surface area contributed by atoms with E-state index in [1.807, 2.05) is 41.0 Å². The van der Waals surface area contributed by atoms with Crippen molar-refractivity contribution in [1.82, 2.24) is 14.8 Å². The minimum absolute atomic E-state index is 0.104. The summed E-state index contributed by atoms with van der Waals surface area (Å²) in [6, 6.07) is 18.5. The molecule has 1 aliphatic carbocycles. The number of nitrogens with zero attached hydrogens (tertiary/aromatic N) is 3. The summed E-state index contributed by atoms with van der Waals surface area (Å²) in [7, 11) is -3.66. The normalized spacial score (nSPS) is 14.2. The second-order valence-corrected chi connectivity index (χ2v) is 9.04. The quantitative estimate of drug-likeness (QED) is 0.424. The first kappa shape index (κ1) is 18.1. The molecule has 0 spiro atoms. The number of para-hydroxylation sites is 2. The van der Waals surface area contributed by atoms with Crippen LogP contribution < -0.4 is 4.18 Å². The summed E-state index contributed by atoms with van der Waals surface area (Å²) in [5, 5.41) is 9.35. The summed E-state index contributed by atoms with van der Waals surface area (Å²) < 4.78 is 31.5. The van der Waals surface area contributed by atoms with Crippen LogP contribution in [0.2, 0.25) is 0 Å². The van der Waals surface area contributed by atoms with Gasteiger partial charge in [0, 0.05) is 17.4 Å². The van der Waals surface area contributed by atoms with Gasteiger partial charge in [0.1, 0.15) is 11.6 Å². The highest BCUT2D eigenvalue weighted by Crippen LogP contribution is 2.41. The molecular formula is C19H19N3O3S2. The lowest BCUT2D eigenvalue weighted by Gasteiger charge is -2.10. The summed E-state index contributed by atoms with van der Waals surface area (Å²) in [6.45, 7) is 0. The van der Waals surface area contributed by atoms with Crippen molar-refractivity contribution in [2.45, 2.75) is 23.9 Å². The van der Waals surface area contributed by atoms with E-state index in [2.05, 4.69) is 10.2 Å². The van der Waals surface area contributed by atoms with Crippen molar-refractivity contribution >= 4 is 21.9 Å². The molecule has 2 aromatic carbocycles. The van der Waals surface area contributed by atoms with E-state index in [1.54, 1.807) is 24.3 Å². The fourth-order valence-electron chi connectivity index (χ4n) is 2.70. The van der Waals surface area contributed by atoms with Crippen LogP contribution >= 0.6 is 11.8 Å². The first-order chi connectivity index (χ1) is 13.1. The molecule has 1 aromatic heterocycles. The van der Waals surface area contributed by atoms with E-state index in [0.717, 1.165) is 24.4 Å². The third-order valence-electron chi connectivity index (χ3n) is 4.15. The van der Waals surface area contributed by atoms with Crippen molar-refractivity contribution in [2.75, 3.05) is 11.5 Å². The molecular weight excluding hydrogens is 382 g/mol. The molecule has 0 bridgehead atoms. The fourth-order valence-corrected chi connectivity index (χ4v) is 4.95. The van der Waals surface area contributed by atoms with Crippen LogP contribution in [0.15, 0.2) is 65.8 Å². The Labute approximate surface area is 162 Å². The summed E-state index contributed by atoms with van der Waals surface area (Å²) in [6.07, 6.45) is 2.24. The highest BCUT2D eigenvalue weighted by atomic mass is 32.2. The average molecular weight is 402 g/mol. The van der Waals surface area contributed by atoms with Crippen LogP contribution in [0.1, 0.15) is 24.6 Å². The van der Waals surface area contributed by atoms with Crippen molar-refractivity contribution in [3.05, 3.63) is 66.5 Å². The third-order valence-corrected chi connectivity index (χ3v) is 6.49. The number of rotatable bonds is 8. The van der Waals surface area contributed by atoms with Gasteiger partial charge in [-0.3, -0.25) is 4.57 Å². The van der Waals surface area contributed by atoms with Crippen molar-refractivity contribution in [1.29, 1.82) is 0 Å². The van der Waals surface area contributed by atoms with Crippen LogP contribution in [0.5, 0.6) is 5.75 Å². The van der Waals surface area contributed by atoms with Crippen LogP contribution in [0.4, 0.5) is 0 Å². The largest absolute Gasteiger partial charge is 0.382 e. The molecule has 0 saturated heterocycles. The number of hydrogen-bond donors (Lipinski definition) is 0. The van der Waals surface area contributed by atoms with E-state index < -0.39 is 10.1 Å². The van der Waals surface area contributed by atoms with Crippen LogP contribution in [-0.2, 0) is 10.1 Å². The Balaban J connectivity index is 1.46. The average Bonchev–Trinajstić information content (AvgIpc) is 3.43. The van der Waals surface area contributed by atoms with Gasteiger partial charge in [0.15, 0.2) is 5.16 Å². The molecule has 0 amide bonds. The third kappa shape index (κ3) is 4.51. The fraction of sp³-hybridized carbons (Fsp3) is 0.263. The monoisotopic (exact) mass is 401 g/mol.